The molecule has 1 atom stereocenters. The molecule has 0 saturated heterocycles. The zero-order valence-corrected chi connectivity index (χ0v) is 9.69. The lowest BCUT2D eigenvalue weighted by molar-refractivity contribution is -0.140. The molecule has 5 nitrogen and oxygen atoms in total. The Labute approximate surface area is 95.6 Å². The average molecular weight is 227 g/mol. The Bertz CT molecular complexity index is 266. The SMILES string of the molecule is C=C(C#N)C(=O)OCCOCC(CC)OC. The first kappa shape index (κ1) is 14.6. The first-order chi connectivity index (χ1) is 7.65. The van der Waals surface area contributed by atoms with Gasteiger partial charge in [0.05, 0.1) is 19.3 Å². The first-order valence-electron chi connectivity index (χ1n) is 5.02. The van der Waals surface area contributed by atoms with Crippen molar-refractivity contribution < 1.29 is 19.0 Å². The molecule has 0 heterocycles. The smallest absolute Gasteiger partial charge is 0.348 e. The predicted octanol–water partition coefficient (Wildman–Crippen LogP) is 1.05. The minimum Gasteiger partial charge on any atom is -0.459 e. The molecule has 0 aromatic heterocycles. The van der Waals surface area contributed by atoms with Gasteiger partial charge >= 0.3 is 5.97 Å². The topological polar surface area (TPSA) is 68.6 Å². The average Bonchev–Trinajstić information content (AvgIpc) is 2.32. The van der Waals surface area contributed by atoms with Gasteiger partial charge in [0.1, 0.15) is 18.2 Å². The molecule has 0 N–H and O–H groups in total. The van der Waals surface area contributed by atoms with E-state index in [2.05, 4.69) is 6.58 Å². The molecular weight excluding hydrogens is 210 g/mol. The van der Waals surface area contributed by atoms with Crippen molar-refractivity contribution in [1.82, 2.24) is 0 Å². The fraction of sp³-hybridized carbons (Fsp3) is 0.636. The summed E-state index contributed by atoms with van der Waals surface area (Å²) in [6.07, 6.45) is 0.923. The maximum absolute atomic E-state index is 11.0. The molecule has 0 radical (unpaired) electrons. The number of rotatable bonds is 8. The van der Waals surface area contributed by atoms with Gasteiger partial charge in [-0.15, -0.1) is 0 Å². The van der Waals surface area contributed by atoms with Crippen LogP contribution in [0.5, 0.6) is 0 Å². The summed E-state index contributed by atoms with van der Waals surface area (Å²) in [5.41, 5.74) is -0.205. The fourth-order valence-corrected chi connectivity index (χ4v) is 0.893. The summed E-state index contributed by atoms with van der Waals surface area (Å²) in [6.45, 7) is 6.08. The third-order valence-electron chi connectivity index (χ3n) is 1.93. The highest BCUT2D eigenvalue weighted by molar-refractivity contribution is 5.91. The number of esters is 1. The molecule has 90 valence electrons. The van der Waals surface area contributed by atoms with Crippen LogP contribution < -0.4 is 0 Å². The molecule has 0 bridgehead atoms. The zero-order chi connectivity index (χ0) is 12.4. The molecule has 5 heteroatoms. The van der Waals surface area contributed by atoms with Gasteiger partial charge in [0.2, 0.25) is 0 Å². The molecular formula is C11H17NO4. The number of methoxy groups -OCH3 is 1. The van der Waals surface area contributed by atoms with Crippen molar-refractivity contribution >= 4 is 5.97 Å². The number of ether oxygens (including phenoxy) is 3. The number of nitriles is 1. The van der Waals surface area contributed by atoms with Gasteiger partial charge in [-0.2, -0.15) is 5.26 Å². The molecule has 0 amide bonds. The van der Waals surface area contributed by atoms with Crippen molar-refractivity contribution in [3.8, 4) is 6.07 Å². The lowest BCUT2D eigenvalue weighted by Crippen LogP contribution is -2.19. The van der Waals surface area contributed by atoms with Crippen LogP contribution in [0, 0.1) is 11.3 Å². The van der Waals surface area contributed by atoms with E-state index in [-0.39, 0.29) is 24.9 Å². The summed E-state index contributed by atoms with van der Waals surface area (Å²) in [6, 6.07) is 1.61. The van der Waals surface area contributed by atoms with Crippen LogP contribution in [0.2, 0.25) is 0 Å². The molecule has 0 saturated carbocycles. The van der Waals surface area contributed by atoms with Crippen molar-refractivity contribution in [3.05, 3.63) is 12.2 Å². The van der Waals surface area contributed by atoms with E-state index >= 15 is 0 Å². The quantitative estimate of drug-likeness (QED) is 0.268. The van der Waals surface area contributed by atoms with E-state index in [0.29, 0.717) is 6.61 Å². The highest BCUT2D eigenvalue weighted by Gasteiger charge is 2.07. The second-order valence-corrected chi connectivity index (χ2v) is 3.07. The Morgan fingerprint density at radius 3 is 2.69 bits per heavy atom. The molecule has 0 aromatic carbocycles. The van der Waals surface area contributed by atoms with E-state index in [9.17, 15) is 4.79 Å². The number of nitrogens with zero attached hydrogens (tertiary/aromatic N) is 1. The standard InChI is InChI=1S/C11H17NO4/c1-4-10(14-3)8-15-5-6-16-11(13)9(2)7-12/h10H,2,4-6,8H2,1,3H3. The lowest BCUT2D eigenvalue weighted by Gasteiger charge is -2.12. The Hall–Kier alpha value is -1.38. The van der Waals surface area contributed by atoms with Gasteiger partial charge in [-0.25, -0.2) is 4.79 Å². The van der Waals surface area contributed by atoms with Crippen LogP contribution in [-0.2, 0) is 19.0 Å². The summed E-state index contributed by atoms with van der Waals surface area (Å²) < 4.78 is 15.0. The molecule has 0 aliphatic rings. The maximum Gasteiger partial charge on any atom is 0.348 e. The summed E-state index contributed by atoms with van der Waals surface area (Å²) in [4.78, 5) is 11.0. The minimum absolute atomic E-state index is 0.0600. The van der Waals surface area contributed by atoms with Crippen molar-refractivity contribution in [2.45, 2.75) is 19.4 Å². The molecule has 16 heavy (non-hydrogen) atoms. The molecule has 0 fully saturated rings. The Morgan fingerprint density at radius 2 is 2.19 bits per heavy atom. The number of hydrogen-bond donors (Lipinski definition) is 0. The second-order valence-electron chi connectivity index (χ2n) is 3.07. The van der Waals surface area contributed by atoms with E-state index in [1.165, 1.54) is 0 Å². The monoisotopic (exact) mass is 227 g/mol. The van der Waals surface area contributed by atoms with Gasteiger partial charge in [-0.1, -0.05) is 13.5 Å². The van der Waals surface area contributed by atoms with Crippen LogP contribution >= 0.6 is 0 Å². The Kier molecular flexibility index (Phi) is 8.12. The number of carbonyl (C=O) groups excluding carboxylic acids is 1. The highest BCUT2D eigenvalue weighted by Crippen LogP contribution is 1.97. The molecule has 0 aliphatic carbocycles. The van der Waals surface area contributed by atoms with E-state index in [1.807, 2.05) is 6.92 Å². The predicted molar refractivity (Wildman–Crippen MR) is 57.6 cm³/mol. The van der Waals surface area contributed by atoms with Crippen molar-refractivity contribution in [3.63, 3.8) is 0 Å². The molecule has 0 rings (SSSR count). The number of carbonyl (C=O) groups is 1. The molecule has 1 unspecified atom stereocenters. The van der Waals surface area contributed by atoms with Gasteiger partial charge in [-0.3, -0.25) is 0 Å². The van der Waals surface area contributed by atoms with Crippen LogP contribution in [0.4, 0.5) is 0 Å². The van der Waals surface area contributed by atoms with E-state index in [4.69, 9.17) is 19.5 Å². The zero-order valence-electron chi connectivity index (χ0n) is 9.69. The first-order valence-corrected chi connectivity index (χ1v) is 5.02. The summed E-state index contributed by atoms with van der Waals surface area (Å²) in [5.74, 6) is -0.704. The van der Waals surface area contributed by atoms with Crippen molar-refractivity contribution in [2.75, 3.05) is 26.9 Å². The normalized spacial score (nSPS) is 11.6. The van der Waals surface area contributed by atoms with Crippen LogP contribution in [0.15, 0.2) is 12.2 Å². The summed E-state index contributed by atoms with van der Waals surface area (Å²) in [7, 11) is 1.62. The molecule has 0 aromatic rings. The number of hydrogen-bond acceptors (Lipinski definition) is 5. The lowest BCUT2D eigenvalue weighted by atomic mass is 10.3. The van der Waals surface area contributed by atoms with Gasteiger partial charge in [-0.05, 0) is 6.42 Å². The molecule has 0 spiro atoms. The maximum atomic E-state index is 11.0. The second kappa shape index (κ2) is 8.89. The van der Waals surface area contributed by atoms with Crippen LogP contribution in [0.1, 0.15) is 13.3 Å². The van der Waals surface area contributed by atoms with E-state index in [0.717, 1.165) is 6.42 Å². The Balaban J connectivity index is 3.51. The van der Waals surface area contributed by atoms with Gasteiger partial charge < -0.3 is 14.2 Å². The van der Waals surface area contributed by atoms with Crippen LogP contribution in [0.25, 0.3) is 0 Å². The summed E-state index contributed by atoms with van der Waals surface area (Å²) in [5, 5.41) is 8.35. The largest absolute Gasteiger partial charge is 0.459 e. The van der Waals surface area contributed by atoms with Crippen LogP contribution in [-0.4, -0.2) is 39.0 Å². The summed E-state index contributed by atoms with van der Waals surface area (Å²) >= 11 is 0. The molecule has 0 aliphatic heterocycles. The Morgan fingerprint density at radius 1 is 1.50 bits per heavy atom. The third-order valence-corrected chi connectivity index (χ3v) is 1.93. The van der Waals surface area contributed by atoms with Crippen molar-refractivity contribution in [1.29, 1.82) is 5.26 Å². The van der Waals surface area contributed by atoms with Gasteiger partial charge in [0, 0.05) is 7.11 Å². The third kappa shape index (κ3) is 6.17. The van der Waals surface area contributed by atoms with Crippen molar-refractivity contribution in [2.24, 2.45) is 0 Å². The fourth-order valence-electron chi connectivity index (χ4n) is 0.893. The van der Waals surface area contributed by atoms with Crippen LogP contribution in [0.3, 0.4) is 0 Å². The van der Waals surface area contributed by atoms with E-state index < -0.39 is 5.97 Å². The highest BCUT2D eigenvalue weighted by atomic mass is 16.6. The van der Waals surface area contributed by atoms with Gasteiger partial charge in [0.25, 0.3) is 0 Å². The van der Waals surface area contributed by atoms with Gasteiger partial charge in [0.15, 0.2) is 0 Å². The van der Waals surface area contributed by atoms with E-state index in [1.54, 1.807) is 13.2 Å². The minimum atomic E-state index is -0.704.